The van der Waals surface area contributed by atoms with Gasteiger partial charge in [0, 0.05) is 22.3 Å². The van der Waals surface area contributed by atoms with Gasteiger partial charge in [0.1, 0.15) is 5.82 Å². The highest BCUT2D eigenvalue weighted by molar-refractivity contribution is 6.30. The maximum Gasteiger partial charge on any atom is 0.422 e. The first-order valence-corrected chi connectivity index (χ1v) is 8.35. The number of hydrogen-bond donors (Lipinski definition) is 1. The summed E-state index contributed by atoms with van der Waals surface area (Å²) in [4.78, 5) is 16.0. The van der Waals surface area contributed by atoms with Gasteiger partial charge in [-0.25, -0.2) is 9.37 Å². The van der Waals surface area contributed by atoms with Crippen molar-refractivity contribution < 1.29 is 27.1 Å². The van der Waals surface area contributed by atoms with Gasteiger partial charge in [-0.1, -0.05) is 11.6 Å². The molecule has 0 aliphatic rings. The van der Waals surface area contributed by atoms with Crippen LogP contribution in [0.2, 0.25) is 5.02 Å². The van der Waals surface area contributed by atoms with E-state index in [2.05, 4.69) is 20.5 Å². The van der Waals surface area contributed by atoms with Crippen molar-refractivity contribution in [3.63, 3.8) is 0 Å². The van der Waals surface area contributed by atoms with Crippen molar-refractivity contribution in [2.24, 2.45) is 0 Å². The van der Waals surface area contributed by atoms with Crippen LogP contribution in [0.5, 0.6) is 5.88 Å². The van der Waals surface area contributed by atoms with Gasteiger partial charge in [0.15, 0.2) is 12.3 Å². The summed E-state index contributed by atoms with van der Waals surface area (Å²) >= 11 is 5.73. The highest BCUT2D eigenvalue weighted by Crippen LogP contribution is 2.34. The van der Waals surface area contributed by atoms with Crippen LogP contribution >= 0.6 is 11.6 Å². The number of nitrogens with zero attached hydrogens (tertiary/aromatic N) is 3. The Morgan fingerprint density at radius 3 is 2.62 bits per heavy atom. The van der Waals surface area contributed by atoms with E-state index in [0.29, 0.717) is 0 Å². The third-order valence-corrected chi connectivity index (χ3v) is 3.74. The fourth-order valence-electron chi connectivity index (χ4n) is 2.30. The highest BCUT2D eigenvalue weighted by Gasteiger charge is 2.29. The van der Waals surface area contributed by atoms with Crippen LogP contribution in [0.15, 0.2) is 48.8 Å². The fourth-order valence-corrected chi connectivity index (χ4v) is 2.46. The van der Waals surface area contributed by atoms with Gasteiger partial charge in [-0.05, 0) is 36.4 Å². The molecule has 3 rings (SSSR count). The maximum absolute atomic E-state index is 14.4. The zero-order valence-electron chi connectivity index (χ0n) is 14.4. The molecule has 29 heavy (non-hydrogen) atoms. The molecule has 0 aliphatic carbocycles. The van der Waals surface area contributed by atoms with E-state index in [4.69, 9.17) is 16.3 Å². The quantitative estimate of drug-likeness (QED) is 0.607. The predicted octanol–water partition coefficient (Wildman–Crippen LogP) is 4.52. The maximum atomic E-state index is 14.4. The second-order valence-corrected chi connectivity index (χ2v) is 6.10. The molecule has 0 saturated carbocycles. The molecule has 2 heterocycles. The number of pyridine rings is 1. The Balaban J connectivity index is 1.97. The normalized spacial score (nSPS) is 11.2. The van der Waals surface area contributed by atoms with Crippen LogP contribution in [0.25, 0.3) is 11.1 Å². The van der Waals surface area contributed by atoms with Crippen molar-refractivity contribution >= 4 is 23.2 Å². The number of hydrogen-bond acceptors (Lipinski definition) is 5. The average molecular weight is 427 g/mol. The lowest BCUT2D eigenvalue weighted by molar-refractivity contribution is -0.154. The number of carbonyl (C=O) groups is 1. The summed E-state index contributed by atoms with van der Waals surface area (Å²) in [7, 11) is 0. The van der Waals surface area contributed by atoms with E-state index >= 15 is 0 Å². The first-order valence-electron chi connectivity index (χ1n) is 7.97. The lowest BCUT2D eigenvalue weighted by Crippen LogP contribution is -2.20. The van der Waals surface area contributed by atoms with E-state index in [0.717, 1.165) is 12.3 Å². The Kier molecular flexibility index (Phi) is 5.92. The third-order valence-electron chi connectivity index (χ3n) is 3.51. The molecule has 0 unspecified atom stereocenters. The van der Waals surface area contributed by atoms with Crippen molar-refractivity contribution in [2.45, 2.75) is 6.18 Å². The summed E-state index contributed by atoms with van der Waals surface area (Å²) in [6, 6.07) is 7.77. The molecule has 0 aliphatic heterocycles. The predicted molar refractivity (Wildman–Crippen MR) is 96.2 cm³/mol. The molecule has 0 spiro atoms. The number of amides is 1. The molecule has 6 nitrogen and oxygen atoms in total. The van der Waals surface area contributed by atoms with E-state index < -0.39 is 30.4 Å². The zero-order chi connectivity index (χ0) is 21.0. The topological polar surface area (TPSA) is 77.0 Å². The summed E-state index contributed by atoms with van der Waals surface area (Å²) in [5.74, 6) is -1.89. The second-order valence-electron chi connectivity index (χ2n) is 5.67. The lowest BCUT2D eigenvalue weighted by atomic mass is 10.1. The molecule has 0 saturated heterocycles. The van der Waals surface area contributed by atoms with Crippen LogP contribution in [0.4, 0.5) is 23.2 Å². The number of ether oxygens (including phenoxy) is 1. The van der Waals surface area contributed by atoms with Crippen LogP contribution in [0.3, 0.4) is 0 Å². The van der Waals surface area contributed by atoms with Gasteiger partial charge < -0.3 is 10.1 Å². The molecule has 1 aromatic carbocycles. The molecule has 0 fully saturated rings. The number of alkyl halides is 3. The molecule has 3 aromatic rings. The second kappa shape index (κ2) is 8.39. The summed E-state index contributed by atoms with van der Waals surface area (Å²) in [6.45, 7) is -1.62. The van der Waals surface area contributed by atoms with Crippen molar-refractivity contribution in [3.05, 3.63) is 65.3 Å². The summed E-state index contributed by atoms with van der Waals surface area (Å²) in [6.07, 6.45) is -2.15. The van der Waals surface area contributed by atoms with E-state index in [9.17, 15) is 22.4 Å². The van der Waals surface area contributed by atoms with Gasteiger partial charge in [-0.3, -0.25) is 4.79 Å². The van der Waals surface area contributed by atoms with E-state index in [1.807, 2.05) is 0 Å². The van der Waals surface area contributed by atoms with Crippen LogP contribution < -0.4 is 10.1 Å². The van der Waals surface area contributed by atoms with Gasteiger partial charge in [0.05, 0.1) is 11.9 Å². The molecule has 0 bridgehead atoms. The number of benzene rings is 1. The van der Waals surface area contributed by atoms with Crippen molar-refractivity contribution in [3.8, 4) is 17.0 Å². The van der Waals surface area contributed by atoms with Gasteiger partial charge in [-0.15, -0.1) is 5.10 Å². The van der Waals surface area contributed by atoms with Crippen LogP contribution in [0, 0.1) is 5.82 Å². The minimum atomic E-state index is -4.61. The minimum Gasteiger partial charge on any atom is -0.468 e. The first kappa shape index (κ1) is 20.5. The minimum absolute atomic E-state index is 0.00382. The zero-order valence-corrected chi connectivity index (χ0v) is 15.1. The molecule has 2 aromatic heterocycles. The van der Waals surface area contributed by atoms with Crippen LogP contribution in [-0.4, -0.2) is 33.9 Å². The number of halogens is 5. The first-order chi connectivity index (χ1) is 13.7. The van der Waals surface area contributed by atoms with Gasteiger partial charge >= 0.3 is 6.18 Å². The van der Waals surface area contributed by atoms with Crippen LogP contribution in [0.1, 0.15) is 10.5 Å². The lowest BCUT2D eigenvalue weighted by Gasteiger charge is -2.14. The van der Waals surface area contributed by atoms with E-state index in [-0.39, 0.29) is 27.5 Å². The largest absolute Gasteiger partial charge is 0.468 e. The molecule has 150 valence electrons. The summed E-state index contributed by atoms with van der Waals surface area (Å²) in [5, 5.41) is 9.79. The Morgan fingerprint density at radius 1 is 1.17 bits per heavy atom. The Labute approximate surface area is 166 Å². The fraction of sp³-hybridized carbons (Fsp3) is 0.111. The van der Waals surface area contributed by atoms with Gasteiger partial charge in [-0.2, -0.15) is 18.3 Å². The standard InChI is InChI=1S/C18H11ClF4N4O2/c19-10-3-4-12(14(20)6-10)13-7-11(8-24-17(13)29-9-18(21,22)23)26-16(28)15-2-1-5-25-27-15/h1-8H,9H2,(H,26,28). The molecule has 0 atom stereocenters. The number of rotatable bonds is 5. The molecule has 11 heteroatoms. The molecular weight excluding hydrogens is 416 g/mol. The monoisotopic (exact) mass is 426 g/mol. The van der Waals surface area contributed by atoms with Gasteiger partial charge in [0.25, 0.3) is 5.91 Å². The third kappa shape index (κ3) is 5.38. The smallest absolute Gasteiger partial charge is 0.422 e. The van der Waals surface area contributed by atoms with Crippen LogP contribution in [-0.2, 0) is 0 Å². The SMILES string of the molecule is O=C(Nc1cnc(OCC(F)(F)F)c(-c2ccc(Cl)cc2F)c1)c1cccnn1. The van der Waals surface area contributed by atoms with Crippen molar-refractivity contribution in [1.82, 2.24) is 15.2 Å². The Bertz CT molecular complexity index is 1030. The number of aromatic nitrogens is 3. The molecule has 1 N–H and O–H groups in total. The van der Waals surface area contributed by atoms with Crippen molar-refractivity contribution in [1.29, 1.82) is 0 Å². The number of nitrogens with one attached hydrogen (secondary N) is 1. The summed E-state index contributed by atoms with van der Waals surface area (Å²) in [5.41, 5.74) is -0.108. The molecular formula is C18H11ClF4N4O2. The van der Waals surface area contributed by atoms with Gasteiger partial charge in [0.2, 0.25) is 5.88 Å². The summed E-state index contributed by atoms with van der Waals surface area (Å²) < 4.78 is 56.7. The number of anilines is 1. The average Bonchev–Trinajstić information content (AvgIpc) is 2.67. The molecule has 0 radical (unpaired) electrons. The Hall–Kier alpha value is -3.27. The number of carbonyl (C=O) groups excluding carboxylic acids is 1. The molecule has 1 amide bonds. The van der Waals surface area contributed by atoms with E-state index in [1.165, 1.54) is 36.5 Å². The Morgan fingerprint density at radius 2 is 1.97 bits per heavy atom. The van der Waals surface area contributed by atoms with E-state index in [1.54, 1.807) is 0 Å². The highest BCUT2D eigenvalue weighted by atomic mass is 35.5. The van der Waals surface area contributed by atoms with Crippen molar-refractivity contribution in [2.75, 3.05) is 11.9 Å².